The number of aliphatic hydroxyl groups is 1. The maximum absolute atomic E-state index is 10.3. The second-order valence-corrected chi connectivity index (χ2v) is 4.92. The molecule has 0 radical (unpaired) electrons. The van der Waals surface area contributed by atoms with Gasteiger partial charge < -0.3 is 15.6 Å². The number of hydrogen-bond acceptors (Lipinski definition) is 3. The van der Waals surface area contributed by atoms with Gasteiger partial charge in [-0.3, -0.25) is 0 Å². The highest BCUT2D eigenvalue weighted by atomic mass is 16.5. The highest BCUT2D eigenvalue weighted by Crippen LogP contribution is 2.30. The minimum absolute atomic E-state index is 0.120. The summed E-state index contributed by atoms with van der Waals surface area (Å²) in [6.07, 6.45) is -0.606. The average Bonchev–Trinajstić information content (AvgIpc) is 2.48. The highest BCUT2D eigenvalue weighted by Gasteiger charge is 2.22. The van der Waals surface area contributed by atoms with Gasteiger partial charge in [-0.25, -0.2) is 0 Å². The van der Waals surface area contributed by atoms with Crippen molar-refractivity contribution in [3.63, 3.8) is 0 Å². The fraction of sp³-hybridized carbons (Fsp3) is 0.294. The summed E-state index contributed by atoms with van der Waals surface area (Å²) in [7, 11) is 1.66. The van der Waals surface area contributed by atoms with Crippen molar-refractivity contribution in [3.05, 3.63) is 65.2 Å². The van der Waals surface area contributed by atoms with Crippen LogP contribution in [0.3, 0.4) is 0 Å². The van der Waals surface area contributed by atoms with E-state index in [9.17, 15) is 5.11 Å². The number of methoxy groups -OCH3 is 1. The maximum Gasteiger partial charge on any atom is 0.121 e. The monoisotopic (exact) mass is 271 g/mol. The molecule has 0 saturated carbocycles. The van der Waals surface area contributed by atoms with Crippen LogP contribution in [0.15, 0.2) is 48.5 Å². The quantitative estimate of drug-likeness (QED) is 0.878. The van der Waals surface area contributed by atoms with Gasteiger partial charge in [-0.2, -0.15) is 0 Å². The molecule has 0 saturated heterocycles. The van der Waals surface area contributed by atoms with Crippen LogP contribution >= 0.6 is 0 Å². The van der Waals surface area contributed by atoms with E-state index < -0.39 is 6.10 Å². The molecular weight excluding hydrogens is 250 g/mol. The van der Waals surface area contributed by atoms with E-state index in [1.807, 2.05) is 49.4 Å². The van der Waals surface area contributed by atoms with Gasteiger partial charge in [-0.05, 0) is 29.7 Å². The topological polar surface area (TPSA) is 55.5 Å². The molecule has 3 nitrogen and oxygen atoms in total. The summed E-state index contributed by atoms with van der Waals surface area (Å²) in [4.78, 5) is 0. The maximum atomic E-state index is 10.3. The smallest absolute Gasteiger partial charge is 0.121 e. The number of nitrogens with two attached hydrogens (primary N) is 1. The molecule has 106 valence electrons. The van der Waals surface area contributed by atoms with Crippen LogP contribution in [0, 0.1) is 6.92 Å². The molecule has 0 aliphatic carbocycles. The molecule has 0 aliphatic heterocycles. The first-order valence-electron chi connectivity index (χ1n) is 6.75. The summed E-state index contributed by atoms with van der Waals surface area (Å²) in [5.41, 5.74) is 8.83. The normalized spacial score (nSPS) is 13.8. The first kappa shape index (κ1) is 14.6. The Morgan fingerprint density at radius 2 is 1.80 bits per heavy atom. The van der Waals surface area contributed by atoms with Crippen molar-refractivity contribution < 1.29 is 9.84 Å². The summed E-state index contributed by atoms with van der Waals surface area (Å²) in [6.45, 7) is 2.23. The van der Waals surface area contributed by atoms with Gasteiger partial charge in [0.2, 0.25) is 0 Å². The van der Waals surface area contributed by atoms with Crippen LogP contribution in [0.1, 0.15) is 22.6 Å². The molecule has 2 atom stereocenters. The predicted molar refractivity (Wildman–Crippen MR) is 81.1 cm³/mol. The van der Waals surface area contributed by atoms with E-state index in [0.29, 0.717) is 0 Å². The summed E-state index contributed by atoms with van der Waals surface area (Å²) in [6, 6.07) is 15.9. The molecule has 0 aliphatic rings. The zero-order valence-electron chi connectivity index (χ0n) is 11.9. The summed E-state index contributed by atoms with van der Waals surface area (Å²) in [5.74, 6) is 0.730. The number of aliphatic hydroxyl groups excluding tert-OH is 1. The van der Waals surface area contributed by atoms with Crippen molar-refractivity contribution in [2.24, 2.45) is 5.73 Å². The number of aryl methyl sites for hydroxylation is 1. The molecule has 0 heterocycles. The average molecular weight is 271 g/mol. The van der Waals surface area contributed by atoms with Crippen molar-refractivity contribution in [2.75, 3.05) is 13.7 Å². The molecule has 0 amide bonds. The van der Waals surface area contributed by atoms with Crippen LogP contribution < -0.4 is 10.5 Å². The van der Waals surface area contributed by atoms with Crippen LogP contribution in [0.5, 0.6) is 5.75 Å². The molecule has 3 N–H and O–H groups in total. The second-order valence-electron chi connectivity index (χ2n) is 4.92. The Kier molecular flexibility index (Phi) is 4.77. The van der Waals surface area contributed by atoms with Crippen LogP contribution in [0.25, 0.3) is 0 Å². The Balaban J connectivity index is 2.44. The third-order valence-corrected chi connectivity index (χ3v) is 3.56. The van der Waals surface area contributed by atoms with Gasteiger partial charge in [-0.1, -0.05) is 42.5 Å². The van der Waals surface area contributed by atoms with Crippen molar-refractivity contribution in [1.82, 2.24) is 0 Å². The predicted octanol–water partition coefficient (Wildman–Crippen LogP) is 2.46. The van der Waals surface area contributed by atoms with Gasteiger partial charge in [-0.15, -0.1) is 0 Å². The van der Waals surface area contributed by atoms with E-state index in [1.165, 1.54) is 0 Å². The highest BCUT2D eigenvalue weighted by molar-refractivity contribution is 5.41. The minimum Gasteiger partial charge on any atom is -0.496 e. The molecular formula is C17H21NO2. The van der Waals surface area contributed by atoms with Crippen molar-refractivity contribution in [2.45, 2.75) is 18.9 Å². The molecule has 0 bridgehead atoms. The molecule has 0 spiro atoms. The largest absolute Gasteiger partial charge is 0.496 e. The van der Waals surface area contributed by atoms with E-state index in [0.717, 1.165) is 22.4 Å². The third-order valence-electron chi connectivity index (χ3n) is 3.56. The van der Waals surface area contributed by atoms with E-state index >= 15 is 0 Å². The van der Waals surface area contributed by atoms with Gasteiger partial charge in [0, 0.05) is 12.5 Å². The Morgan fingerprint density at radius 3 is 2.35 bits per heavy atom. The SMILES string of the molecule is COc1ccc(C(c2ccccc2)C(O)CN)cc1C. The lowest BCUT2D eigenvalue weighted by Crippen LogP contribution is -2.28. The first-order valence-corrected chi connectivity index (χ1v) is 6.75. The number of benzene rings is 2. The van der Waals surface area contributed by atoms with E-state index in [-0.39, 0.29) is 12.5 Å². The van der Waals surface area contributed by atoms with Crippen molar-refractivity contribution in [1.29, 1.82) is 0 Å². The molecule has 2 aromatic carbocycles. The standard InChI is InChI=1S/C17H21NO2/c1-12-10-14(8-9-16(12)20-2)17(15(19)11-18)13-6-4-3-5-7-13/h3-10,15,17,19H,11,18H2,1-2H3. The second kappa shape index (κ2) is 6.55. The minimum atomic E-state index is -0.606. The molecule has 0 fully saturated rings. The van der Waals surface area contributed by atoms with Gasteiger partial charge in [0.1, 0.15) is 5.75 Å². The van der Waals surface area contributed by atoms with E-state index in [1.54, 1.807) is 7.11 Å². The molecule has 2 rings (SSSR count). The molecule has 2 aromatic rings. The fourth-order valence-electron chi connectivity index (χ4n) is 2.53. The van der Waals surface area contributed by atoms with Gasteiger partial charge in [0.25, 0.3) is 0 Å². The van der Waals surface area contributed by atoms with Crippen molar-refractivity contribution in [3.8, 4) is 5.75 Å². The van der Waals surface area contributed by atoms with Gasteiger partial charge in [0.05, 0.1) is 13.2 Å². The summed E-state index contributed by atoms with van der Waals surface area (Å²) >= 11 is 0. The number of ether oxygens (including phenoxy) is 1. The third kappa shape index (κ3) is 3.00. The van der Waals surface area contributed by atoms with Crippen LogP contribution in [-0.4, -0.2) is 24.9 Å². The Labute approximate surface area is 120 Å². The van der Waals surface area contributed by atoms with Crippen LogP contribution in [0.4, 0.5) is 0 Å². The molecule has 3 heteroatoms. The number of hydrogen-bond donors (Lipinski definition) is 2. The fourth-order valence-corrected chi connectivity index (χ4v) is 2.53. The van der Waals surface area contributed by atoms with Crippen LogP contribution in [0.2, 0.25) is 0 Å². The lowest BCUT2D eigenvalue weighted by atomic mass is 9.86. The Bertz CT molecular complexity index is 554. The lowest BCUT2D eigenvalue weighted by Gasteiger charge is -2.23. The summed E-state index contributed by atoms with van der Waals surface area (Å²) in [5, 5.41) is 10.3. The lowest BCUT2D eigenvalue weighted by molar-refractivity contribution is 0.164. The molecule has 20 heavy (non-hydrogen) atoms. The molecule has 0 aromatic heterocycles. The van der Waals surface area contributed by atoms with E-state index in [2.05, 4.69) is 6.07 Å². The number of rotatable bonds is 5. The van der Waals surface area contributed by atoms with Gasteiger partial charge in [0.15, 0.2) is 0 Å². The first-order chi connectivity index (χ1) is 9.67. The van der Waals surface area contributed by atoms with Crippen molar-refractivity contribution >= 4 is 0 Å². The van der Waals surface area contributed by atoms with Gasteiger partial charge >= 0.3 is 0 Å². The van der Waals surface area contributed by atoms with E-state index in [4.69, 9.17) is 10.5 Å². The Morgan fingerprint density at radius 1 is 1.10 bits per heavy atom. The summed E-state index contributed by atoms with van der Waals surface area (Å²) < 4.78 is 5.29. The molecule has 2 unspecified atom stereocenters. The van der Waals surface area contributed by atoms with Crippen LogP contribution in [-0.2, 0) is 0 Å². The Hall–Kier alpha value is -1.84. The zero-order chi connectivity index (χ0) is 14.5. The zero-order valence-corrected chi connectivity index (χ0v) is 11.9.